The third-order valence-corrected chi connectivity index (χ3v) is 3.26. The van der Waals surface area contributed by atoms with Gasteiger partial charge in [0.2, 0.25) is 0 Å². The van der Waals surface area contributed by atoms with Crippen molar-refractivity contribution in [2.45, 2.75) is 18.8 Å². The van der Waals surface area contributed by atoms with Crippen LogP contribution in [0.4, 0.5) is 13.2 Å². The summed E-state index contributed by atoms with van der Waals surface area (Å²) in [5, 5.41) is 9.16. The maximum absolute atomic E-state index is 12.7. The van der Waals surface area contributed by atoms with E-state index in [4.69, 9.17) is 9.84 Å². The molecule has 2 aromatic carbocycles. The number of rotatable bonds is 4. The summed E-state index contributed by atoms with van der Waals surface area (Å²) >= 11 is 0. The molecule has 3 nitrogen and oxygen atoms in total. The lowest BCUT2D eigenvalue weighted by atomic mass is 10.1. The zero-order chi connectivity index (χ0) is 15.7. The third-order valence-electron chi connectivity index (χ3n) is 3.26. The summed E-state index contributed by atoms with van der Waals surface area (Å²) in [4.78, 5) is 4.04. The van der Waals surface area contributed by atoms with Gasteiger partial charge in [-0.2, -0.15) is 13.2 Å². The fourth-order valence-corrected chi connectivity index (χ4v) is 2.09. The number of hydrogen-bond acceptors (Lipinski definition) is 3. The van der Waals surface area contributed by atoms with Crippen molar-refractivity contribution >= 4 is 6.21 Å². The van der Waals surface area contributed by atoms with Crippen LogP contribution in [0.3, 0.4) is 0 Å². The first-order chi connectivity index (χ1) is 10.5. The number of hydrogen-bond donors (Lipinski definition) is 1. The molecule has 0 bridgehead atoms. The molecule has 0 aromatic heterocycles. The zero-order valence-corrected chi connectivity index (χ0v) is 11.3. The highest BCUT2D eigenvalue weighted by Crippen LogP contribution is 2.37. The minimum absolute atomic E-state index is 0.105. The molecule has 22 heavy (non-hydrogen) atoms. The van der Waals surface area contributed by atoms with E-state index >= 15 is 0 Å². The van der Waals surface area contributed by atoms with Gasteiger partial charge in [-0.3, -0.25) is 4.99 Å². The number of benzene rings is 2. The van der Waals surface area contributed by atoms with Gasteiger partial charge in [0, 0.05) is 11.8 Å². The van der Waals surface area contributed by atoms with E-state index in [2.05, 4.69) is 4.99 Å². The zero-order valence-electron chi connectivity index (χ0n) is 11.3. The Hall–Kier alpha value is -2.34. The number of aliphatic hydroxyl groups excluding tert-OH is 1. The number of aliphatic hydroxyl groups is 1. The maximum atomic E-state index is 12.7. The molecule has 1 aliphatic rings. The molecule has 0 saturated carbocycles. The maximum Gasteiger partial charge on any atom is 0.416 e. The van der Waals surface area contributed by atoms with Crippen LogP contribution in [-0.2, 0) is 12.8 Å². The lowest BCUT2D eigenvalue weighted by Crippen LogP contribution is -2.04. The van der Waals surface area contributed by atoms with Crippen LogP contribution in [0, 0.1) is 0 Å². The minimum atomic E-state index is -4.41. The van der Waals surface area contributed by atoms with E-state index in [1.165, 1.54) is 12.1 Å². The molecule has 0 aliphatic carbocycles. The topological polar surface area (TPSA) is 41.8 Å². The summed E-state index contributed by atoms with van der Waals surface area (Å²) in [6.07, 6.45) is -2.71. The SMILES string of the molecule is OCc1ccc(Oc2cccc(C(F)(F)F)c2)c(C2C=N2)c1. The number of halogens is 3. The summed E-state index contributed by atoms with van der Waals surface area (Å²) in [5.41, 5.74) is 0.659. The molecular formula is C16H12F3NO2. The van der Waals surface area contributed by atoms with Crippen LogP contribution in [0.5, 0.6) is 11.5 Å². The first-order valence-electron chi connectivity index (χ1n) is 6.59. The molecule has 0 amide bonds. The molecule has 1 atom stereocenters. The van der Waals surface area contributed by atoms with E-state index < -0.39 is 11.7 Å². The second-order valence-corrected chi connectivity index (χ2v) is 4.90. The van der Waals surface area contributed by atoms with Gasteiger partial charge in [0.1, 0.15) is 17.5 Å². The van der Waals surface area contributed by atoms with Crippen LogP contribution >= 0.6 is 0 Å². The van der Waals surface area contributed by atoms with Gasteiger partial charge in [-0.1, -0.05) is 12.1 Å². The molecule has 0 radical (unpaired) electrons. The van der Waals surface area contributed by atoms with Crippen molar-refractivity contribution in [1.82, 2.24) is 0 Å². The molecular weight excluding hydrogens is 295 g/mol. The van der Waals surface area contributed by atoms with Crippen molar-refractivity contribution in [3.8, 4) is 11.5 Å². The fourth-order valence-electron chi connectivity index (χ4n) is 2.09. The van der Waals surface area contributed by atoms with Crippen LogP contribution in [0.2, 0.25) is 0 Å². The van der Waals surface area contributed by atoms with E-state index in [1.807, 2.05) is 0 Å². The average Bonchev–Trinajstić information content (AvgIpc) is 3.32. The normalized spacial score (nSPS) is 16.6. The summed E-state index contributed by atoms with van der Waals surface area (Å²) in [5.74, 6) is 0.535. The minimum Gasteiger partial charge on any atom is -0.457 e. The summed E-state index contributed by atoms with van der Waals surface area (Å²) in [7, 11) is 0. The van der Waals surface area contributed by atoms with E-state index in [9.17, 15) is 13.2 Å². The summed E-state index contributed by atoms with van der Waals surface area (Å²) < 4.78 is 43.7. The predicted molar refractivity (Wildman–Crippen MR) is 75.1 cm³/mol. The Labute approximate surface area is 124 Å². The van der Waals surface area contributed by atoms with Gasteiger partial charge < -0.3 is 9.84 Å². The van der Waals surface area contributed by atoms with Crippen molar-refractivity contribution in [2.24, 2.45) is 4.99 Å². The lowest BCUT2D eigenvalue weighted by Gasteiger charge is -2.13. The third kappa shape index (κ3) is 3.12. The van der Waals surface area contributed by atoms with Crippen molar-refractivity contribution in [3.63, 3.8) is 0 Å². The first kappa shape index (κ1) is 14.6. The highest BCUT2D eigenvalue weighted by molar-refractivity contribution is 5.81. The van der Waals surface area contributed by atoms with Crippen molar-refractivity contribution in [2.75, 3.05) is 0 Å². The number of ether oxygens (including phenoxy) is 1. The van der Waals surface area contributed by atoms with E-state index in [0.717, 1.165) is 17.7 Å². The van der Waals surface area contributed by atoms with Gasteiger partial charge in [-0.25, -0.2) is 0 Å². The Morgan fingerprint density at radius 2 is 1.91 bits per heavy atom. The van der Waals surface area contributed by atoms with Crippen molar-refractivity contribution in [3.05, 3.63) is 59.2 Å². The van der Waals surface area contributed by atoms with Crippen LogP contribution < -0.4 is 4.74 Å². The predicted octanol–water partition coefficient (Wildman–Crippen LogP) is 4.12. The molecule has 114 valence electrons. The molecule has 2 aromatic rings. The van der Waals surface area contributed by atoms with Crippen molar-refractivity contribution in [1.29, 1.82) is 0 Å². The largest absolute Gasteiger partial charge is 0.457 e. The Bertz CT molecular complexity index is 720. The molecule has 1 aliphatic heterocycles. The fraction of sp³-hybridized carbons (Fsp3) is 0.188. The molecule has 0 fully saturated rings. The Morgan fingerprint density at radius 3 is 2.55 bits per heavy atom. The molecule has 1 unspecified atom stereocenters. The molecule has 0 saturated heterocycles. The number of aliphatic imine (C=N–C) groups is 1. The first-order valence-corrected chi connectivity index (χ1v) is 6.59. The second kappa shape index (κ2) is 5.46. The van der Waals surface area contributed by atoms with Crippen molar-refractivity contribution < 1.29 is 23.0 Å². The molecule has 0 spiro atoms. The molecule has 3 rings (SSSR count). The Morgan fingerprint density at radius 1 is 1.14 bits per heavy atom. The van der Waals surface area contributed by atoms with Crippen LogP contribution in [0.15, 0.2) is 47.5 Å². The standard InChI is InChI=1S/C16H12F3NO2/c17-16(18,19)11-2-1-3-12(7-11)22-15-5-4-10(9-21)6-13(15)14-8-20-14/h1-8,14,21H,9H2. The molecule has 1 N–H and O–H groups in total. The quantitative estimate of drug-likeness (QED) is 0.923. The van der Waals surface area contributed by atoms with Gasteiger partial charge in [-0.05, 0) is 35.9 Å². The van der Waals surface area contributed by atoms with Crippen LogP contribution in [0.1, 0.15) is 22.7 Å². The van der Waals surface area contributed by atoms with Gasteiger partial charge in [-0.15, -0.1) is 0 Å². The summed E-state index contributed by atoms with van der Waals surface area (Å²) in [6, 6.07) is 9.61. The Balaban J connectivity index is 1.90. The van der Waals surface area contributed by atoms with Gasteiger partial charge in [0.05, 0.1) is 12.2 Å². The average molecular weight is 307 g/mol. The Kier molecular flexibility index (Phi) is 3.62. The van der Waals surface area contributed by atoms with Gasteiger partial charge in [0.25, 0.3) is 0 Å². The lowest BCUT2D eigenvalue weighted by molar-refractivity contribution is -0.137. The van der Waals surface area contributed by atoms with E-state index in [0.29, 0.717) is 11.3 Å². The van der Waals surface area contributed by atoms with E-state index in [-0.39, 0.29) is 18.4 Å². The molecule has 6 heteroatoms. The second-order valence-electron chi connectivity index (χ2n) is 4.90. The van der Waals surface area contributed by atoms with Gasteiger partial charge in [0.15, 0.2) is 0 Å². The smallest absolute Gasteiger partial charge is 0.416 e. The number of alkyl halides is 3. The number of nitrogens with zero attached hydrogens (tertiary/aromatic N) is 1. The highest BCUT2D eigenvalue weighted by Gasteiger charge is 2.30. The monoisotopic (exact) mass is 307 g/mol. The molecule has 1 heterocycles. The highest BCUT2D eigenvalue weighted by atomic mass is 19.4. The van der Waals surface area contributed by atoms with Gasteiger partial charge >= 0.3 is 6.18 Å². The summed E-state index contributed by atoms with van der Waals surface area (Å²) in [6.45, 7) is -0.121. The van der Waals surface area contributed by atoms with Crippen LogP contribution in [0.25, 0.3) is 0 Å². The van der Waals surface area contributed by atoms with Crippen LogP contribution in [-0.4, -0.2) is 11.3 Å². The van der Waals surface area contributed by atoms with E-state index in [1.54, 1.807) is 24.4 Å².